The minimum Gasteiger partial charge on any atom is -0.495 e. The number of hydrogen-bond donors (Lipinski definition) is 4. The SMILES string of the molecule is CCCc1nn(C)c2c(NCc3ccc(OC)c(Cl)c3)nc(CNC(CCCCO)N(Cc3ccc(OC)c(Cl)c3)c3nc(CNCc4cccnc4)nc4c(CCC)nn(C)c34)nc12. The molecule has 0 aliphatic heterocycles. The number of aromatic nitrogens is 9. The molecule has 0 spiro atoms. The monoisotopic (exact) mass is 923 g/mol. The van der Waals surface area contributed by atoms with Gasteiger partial charge in [0.15, 0.2) is 11.6 Å². The minimum atomic E-state index is -0.331. The normalized spacial score (nSPS) is 12.0. The molecule has 18 heteroatoms. The third-order valence-electron chi connectivity index (χ3n) is 11.2. The third-order valence-corrected chi connectivity index (χ3v) is 11.8. The van der Waals surface area contributed by atoms with E-state index in [-0.39, 0.29) is 12.8 Å². The van der Waals surface area contributed by atoms with Crippen molar-refractivity contribution in [2.24, 2.45) is 14.1 Å². The van der Waals surface area contributed by atoms with Crippen molar-refractivity contribution >= 4 is 56.9 Å². The molecule has 0 saturated heterocycles. The molecule has 7 rings (SSSR count). The summed E-state index contributed by atoms with van der Waals surface area (Å²) < 4.78 is 14.7. The predicted octanol–water partition coefficient (Wildman–Crippen LogP) is 7.85. The van der Waals surface area contributed by atoms with E-state index in [1.807, 2.05) is 78.2 Å². The molecule has 0 aliphatic rings. The van der Waals surface area contributed by atoms with Crippen molar-refractivity contribution in [3.05, 3.63) is 111 Å². The van der Waals surface area contributed by atoms with Gasteiger partial charge in [0.1, 0.15) is 45.2 Å². The molecule has 0 radical (unpaired) electrons. The smallest absolute Gasteiger partial charge is 0.160 e. The highest BCUT2D eigenvalue weighted by molar-refractivity contribution is 6.32. The number of anilines is 2. The van der Waals surface area contributed by atoms with Crippen molar-refractivity contribution in [2.45, 2.75) is 97.7 Å². The zero-order chi connectivity index (χ0) is 45.9. The molecule has 1 unspecified atom stereocenters. The first kappa shape index (κ1) is 47.3. The first-order valence-electron chi connectivity index (χ1n) is 22.2. The first-order chi connectivity index (χ1) is 31.6. The molecule has 0 bridgehead atoms. The van der Waals surface area contributed by atoms with Gasteiger partial charge < -0.3 is 30.1 Å². The molecule has 5 aromatic heterocycles. The van der Waals surface area contributed by atoms with Gasteiger partial charge in [-0.3, -0.25) is 19.7 Å². The summed E-state index contributed by atoms with van der Waals surface area (Å²) >= 11 is 13.3. The number of hydrogen-bond acceptors (Lipinski definition) is 14. The number of aliphatic hydroxyl groups excluding tert-OH is 1. The largest absolute Gasteiger partial charge is 0.495 e. The lowest BCUT2D eigenvalue weighted by Crippen LogP contribution is -2.46. The zero-order valence-electron chi connectivity index (χ0n) is 38.0. The number of rotatable bonds is 24. The minimum absolute atomic E-state index is 0.0723. The van der Waals surface area contributed by atoms with Crippen LogP contribution in [-0.4, -0.2) is 76.6 Å². The van der Waals surface area contributed by atoms with Gasteiger partial charge in [0.05, 0.1) is 54.9 Å². The molecule has 0 amide bonds. The summed E-state index contributed by atoms with van der Waals surface area (Å²) in [5.41, 5.74) is 8.06. The topological polar surface area (TPSA) is 178 Å². The number of pyridine rings is 1. The fourth-order valence-electron chi connectivity index (χ4n) is 8.04. The van der Waals surface area contributed by atoms with Gasteiger partial charge in [0.25, 0.3) is 0 Å². The van der Waals surface area contributed by atoms with Gasteiger partial charge in [0, 0.05) is 52.7 Å². The molecule has 65 heavy (non-hydrogen) atoms. The maximum atomic E-state index is 10.0. The van der Waals surface area contributed by atoms with Gasteiger partial charge in [-0.2, -0.15) is 10.2 Å². The van der Waals surface area contributed by atoms with Crippen molar-refractivity contribution in [1.29, 1.82) is 0 Å². The van der Waals surface area contributed by atoms with E-state index < -0.39 is 0 Å². The number of halogens is 2. The van der Waals surface area contributed by atoms with E-state index in [9.17, 15) is 5.11 Å². The average Bonchev–Trinajstić information content (AvgIpc) is 3.80. The average molecular weight is 925 g/mol. The summed E-state index contributed by atoms with van der Waals surface area (Å²) in [4.78, 5) is 27.3. The van der Waals surface area contributed by atoms with Gasteiger partial charge >= 0.3 is 0 Å². The van der Waals surface area contributed by atoms with E-state index in [4.69, 9.17) is 62.8 Å². The van der Waals surface area contributed by atoms with E-state index in [0.29, 0.717) is 90.4 Å². The number of aryl methyl sites for hydroxylation is 4. The molecule has 0 fully saturated rings. The Hall–Kier alpha value is -5.65. The Morgan fingerprint density at radius 1 is 0.738 bits per heavy atom. The van der Waals surface area contributed by atoms with Gasteiger partial charge in [-0.15, -0.1) is 0 Å². The number of unbranched alkanes of at least 4 members (excludes halogenated alkanes) is 1. The van der Waals surface area contributed by atoms with Crippen molar-refractivity contribution in [2.75, 3.05) is 31.0 Å². The zero-order valence-corrected chi connectivity index (χ0v) is 39.5. The number of fused-ring (bicyclic) bond motifs is 2. The lowest BCUT2D eigenvalue weighted by Gasteiger charge is -2.34. The van der Waals surface area contributed by atoms with E-state index in [0.717, 1.165) is 82.2 Å². The molecule has 344 valence electrons. The van der Waals surface area contributed by atoms with Gasteiger partial charge in [-0.1, -0.05) is 68.1 Å². The Kier molecular flexibility index (Phi) is 16.4. The lowest BCUT2D eigenvalue weighted by molar-refractivity contribution is 0.278. The maximum Gasteiger partial charge on any atom is 0.160 e. The highest BCUT2D eigenvalue weighted by Gasteiger charge is 2.28. The van der Waals surface area contributed by atoms with Crippen molar-refractivity contribution < 1.29 is 14.6 Å². The second kappa shape index (κ2) is 22.5. The van der Waals surface area contributed by atoms with Crippen LogP contribution in [0.1, 0.15) is 85.7 Å². The number of aliphatic hydroxyl groups is 1. The Labute approximate surface area is 390 Å². The van der Waals surface area contributed by atoms with Crippen LogP contribution in [0.3, 0.4) is 0 Å². The highest BCUT2D eigenvalue weighted by atomic mass is 35.5. The number of ether oxygens (including phenoxy) is 2. The van der Waals surface area contributed by atoms with Gasteiger partial charge in [0.2, 0.25) is 0 Å². The fourth-order valence-corrected chi connectivity index (χ4v) is 8.60. The van der Waals surface area contributed by atoms with Crippen LogP contribution in [-0.2, 0) is 59.7 Å². The van der Waals surface area contributed by atoms with E-state index in [2.05, 4.69) is 39.7 Å². The molecule has 0 aliphatic carbocycles. The van der Waals surface area contributed by atoms with Crippen LogP contribution in [0.5, 0.6) is 11.5 Å². The molecule has 2 aromatic carbocycles. The van der Waals surface area contributed by atoms with Gasteiger partial charge in [-0.05, 0) is 79.1 Å². The summed E-state index contributed by atoms with van der Waals surface area (Å²) in [6.45, 7) is 6.57. The standard InChI is InChI=1S/C47H59Cl2N13O3/c1-7-12-35-42-44(60(3)58-35)46(53-26-30-16-18-37(64-5)33(48)22-30)56-40(55-42)28-52-41(15-9-10-21-63)62(29-31-17-19-38(65-6)34(49)23-31)47-45-43(36(13-8-2)59-61(45)4)54-39(57-47)27-51-25-32-14-11-20-50-24-32/h11,14,16-20,22-24,41,51-52,63H,7-10,12-13,15,21,25-29H2,1-6H3,(H,53,55,56). The molecule has 5 heterocycles. The molecule has 16 nitrogen and oxygen atoms in total. The number of nitrogens with one attached hydrogen (secondary N) is 3. The van der Waals surface area contributed by atoms with Crippen LogP contribution in [0.25, 0.3) is 22.1 Å². The second-order valence-corrected chi connectivity index (χ2v) is 16.8. The fraction of sp³-hybridized carbons (Fsp3) is 0.426. The lowest BCUT2D eigenvalue weighted by atomic mass is 10.1. The number of methoxy groups -OCH3 is 2. The van der Waals surface area contributed by atoms with Gasteiger partial charge in [-0.25, -0.2) is 19.9 Å². The van der Waals surface area contributed by atoms with E-state index in [1.165, 1.54) is 0 Å². The maximum absolute atomic E-state index is 10.0. The van der Waals surface area contributed by atoms with Crippen LogP contribution in [0.15, 0.2) is 60.9 Å². The summed E-state index contributed by atoms with van der Waals surface area (Å²) in [5.74, 6) is 3.81. The molecule has 1 atom stereocenters. The molecule has 0 saturated carbocycles. The predicted molar refractivity (Wildman–Crippen MR) is 256 cm³/mol. The summed E-state index contributed by atoms with van der Waals surface area (Å²) in [7, 11) is 7.09. The number of benzene rings is 2. The Balaban J connectivity index is 1.30. The molecular formula is C47H59Cl2N13O3. The second-order valence-electron chi connectivity index (χ2n) is 16.0. The quantitative estimate of drug-likeness (QED) is 0.0340. The molecule has 7 aromatic rings. The Morgan fingerprint density at radius 2 is 1.38 bits per heavy atom. The summed E-state index contributed by atoms with van der Waals surface area (Å²) in [6, 6.07) is 15.5. The van der Waals surface area contributed by atoms with Crippen molar-refractivity contribution in [3.63, 3.8) is 0 Å². The summed E-state index contributed by atoms with van der Waals surface area (Å²) in [5, 5.41) is 31.9. The van der Waals surface area contributed by atoms with Crippen molar-refractivity contribution in [3.8, 4) is 11.5 Å². The number of nitrogens with zero attached hydrogens (tertiary/aromatic N) is 10. The van der Waals surface area contributed by atoms with Crippen LogP contribution in [0, 0.1) is 0 Å². The van der Waals surface area contributed by atoms with E-state index in [1.54, 1.807) is 20.4 Å². The third kappa shape index (κ3) is 11.4. The first-order valence-corrected chi connectivity index (χ1v) is 22.9. The van der Waals surface area contributed by atoms with Crippen LogP contribution in [0.4, 0.5) is 11.6 Å². The molecule has 4 N–H and O–H groups in total. The van der Waals surface area contributed by atoms with Crippen LogP contribution in [0.2, 0.25) is 10.0 Å². The van der Waals surface area contributed by atoms with Crippen LogP contribution >= 0.6 is 23.2 Å². The summed E-state index contributed by atoms with van der Waals surface area (Å²) in [6.07, 6.45) is 8.65. The van der Waals surface area contributed by atoms with Crippen LogP contribution < -0.4 is 30.3 Å². The van der Waals surface area contributed by atoms with E-state index >= 15 is 0 Å². The van der Waals surface area contributed by atoms with Crippen molar-refractivity contribution in [1.82, 2.24) is 55.1 Å². The Bertz CT molecular complexity index is 2680. The highest BCUT2D eigenvalue weighted by Crippen LogP contribution is 2.33. The Morgan fingerprint density at radius 3 is 2.02 bits per heavy atom. The molecular weight excluding hydrogens is 866 g/mol.